The highest BCUT2D eigenvalue weighted by Gasteiger charge is 2.39. The monoisotopic (exact) mass is 440 g/mol. The van der Waals surface area contributed by atoms with E-state index < -0.39 is 11.8 Å². The number of amides is 2. The lowest BCUT2D eigenvalue weighted by atomic mass is 10.0. The van der Waals surface area contributed by atoms with Crippen molar-refractivity contribution in [3.8, 4) is 23.0 Å². The van der Waals surface area contributed by atoms with Gasteiger partial charge in [0.15, 0.2) is 23.0 Å². The maximum absolute atomic E-state index is 13.2. The van der Waals surface area contributed by atoms with Crippen molar-refractivity contribution in [2.45, 2.75) is 0 Å². The number of carbonyl (C=O) groups is 2. The summed E-state index contributed by atoms with van der Waals surface area (Å²) in [7, 11) is 4.56. The summed E-state index contributed by atoms with van der Waals surface area (Å²) < 4.78 is 26.9. The lowest BCUT2D eigenvalue weighted by Gasteiger charge is -2.19. The highest BCUT2D eigenvalue weighted by Crippen LogP contribution is 2.37. The first kappa shape index (κ1) is 21.5. The van der Waals surface area contributed by atoms with E-state index in [1.165, 1.54) is 21.3 Å². The highest BCUT2D eigenvalue weighted by molar-refractivity contribution is 6.36. The van der Waals surface area contributed by atoms with E-state index in [1.54, 1.807) is 36.4 Å². The van der Waals surface area contributed by atoms with Gasteiger partial charge in [-0.15, -0.1) is 0 Å². The number of ether oxygens (including phenoxy) is 5. The Hall–Kier alpha value is -3.72. The Bertz CT molecular complexity index is 1080. The molecule has 168 valence electrons. The molecule has 0 bridgehead atoms. The summed E-state index contributed by atoms with van der Waals surface area (Å²) in [6, 6.07) is 10.3. The van der Waals surface area contributed by atoms with Gasteiger partial charge in [-0.05, 0) is 29.8 Å². The molecule has 0 fully saturated rings. The molecule has 4 rings (SSSR count). The van der Waals surface area contributed by atoms with Crippen LogP contribution in [0.1, 0.15) is 5.56 Å². The third kappa shape index (κ3) is 3.94. The maximum Gasteiger partial charge on any atom is 0.278 e. The van der Waals surface area contributed by atoms with E-state index in [1.807, 2.05) is 0 Å². The minimum absolute atomic E-state index is 0.136. The molecule has 2 heterocycles. The molecule has 0 spiro atoms. The van der Waals surface area contributed by atoms with Gasteiger partial charge in [0, 0.05) is 18.9 Å². The van der Waals surface area contributed by atoms with Crippen LogP contribution in [0.3, 0.4) is 0 Å². The molecule has 2 amide bonds. The standard InChI is InChI=1S/C23H24N2O7/c1-28-9-8-25-22(26)20(14-4-6-16(29-2)18(12-14)30-3)21(23(25)27)24-15-5-7-17-19(13-15)32-11-10-31-17/h4-7,12-13,24H,8-11H2,1-3H3. The van der Waals surface area contributed by atoms with Crippen LogP contribution in [0.15, 0.2) is 42.1 Å². The number of methoxy groups -OCH3 is 3. The molecule has 2 aromatic carbocycles. The van der Waals surface area contributed by atoms with E-state index in [2.05, 4.69) is 5.32 Å². The number of rotatable bonds is 8. The summed E-state index contributed by atoms with van der Waals surface area (Å²) in [5, 5.41) is 3.11. The van der Waals surface area contributed by atoms with Crippen LogP contribution in [0.4, 0.5) is 5.69 Å². The molecule has 1 N–H and O–H groups in total. The Kier molecular flexibility index (Phi) is 6.18. The average Bonchev–Trinajstić information content (AvgIpc) is 3.05. The second-order valence-corrected chi connectivity index (χ2v) is 7.06. The van der Waals surface area contributed by atoms with Crippen LogP contribution in [0.2, 0.25) is 0 Å². The van der Waals surface area contributed by atoms with E-state index in [-0.39, 0.29) is 24.4 Å². The molecule has 2 aliphatic heterocycles. The largest absolute Gasteiger partial charge is 0.493 e. The second-order valence-electron chi connectivity index (χ2n) is 7.06. The molecule has 9 heteroatoms. The third-order valence-electron chi connectivity index (χ3n) is 5.17. The van der Waals surface area contributed by atoms with Crippen LogP contribution in [0, 0.1) is 0 Å². The normalized spacial score (nSPS) is 15.3. The van der Waals surface area contributed by atoms with Gasteiger partial charge >= 0.3 is 0 Å². The number of benzene rings is 2. The summed E-state index contributed by atoms with van der Waals surface area (Å²) in [5.74, 6) is 1.32. The van der Waals surface area contributed by atoms with Crippen molar-refractivity contribution in [3.63, 3.8) is 0 Å². The zero-order valence-corrected chi connectivity index (χ0v) is 18.1. The van der Waals surface area contributed by atoms with Gasteiger partial charge in [-0.25, -0.2) is 0 Å². The minimum atomic E-state index is -0.438. The smallest absolute Gasteiger partial charge is 0.278 e. The van der Waals surface area contributed by atoms with Gasteiger partial charge in [-0.3, -0.25) is 14.5 Å². The van der Waals surface area contributed by atoms with Gasteiger partial charge in [-0.1, -0.05) is 6.07 Å². The summed E-state index contributed by atoms with van der Waals surface area (Å²) in [4.78, 5) is 27.6. The first-order valence-corrected chi connectivity index (χ1v) is 10.1. The lowest BCUT2D eigenvalue weighted by molar-refractivity contribution is -0.137. The summed E-state index contributed by atoms with van der Waals surface area (Å²) in [6.45, 7) is 1.29. The lowest BCUT2D eigenvalue weighted by Crippen LogP contribution is -2.35. The van der Waals surface area contributed by atoms with Crippen molar-refractivity contribution in [2.24, 2.45) is 0 Å². The molecule has 0 aliphatic carbocycles. The van der Waals surface area contributed by atoms with Crippen molar-refractivity contribution >= 4 is 23.1 Å². The molecular weight excluding hydrogens is 416 g/mol. The number of hydrogen-bond acceptors (Lipinski definition) is 8. The van der Waals surface area contributed by atoms with E-state index in [4.69, 9.17) is 23.7 Å². The number of carbonyl (C=O) groups excluding carboxylic acids is 2. The van der Waals surface area contributed by atoms with E-state index in [0.29, 0.717) is 47.5 Å². The second kappa shape index (κ2) is 9.19. The molecule has 0 atom stereocenters. The summed E-state index contributed by atoms with van der Waals surface area (Å²) in [5.41, 5.74) is 1.52. The molecule has 0 radical (unpaired) electrons. The topological polar surface area (TPSA) is 95.6 Å². The van der Waals surface area contributed by atoms with Crippen LogP contribution in [-0.2, 0) is 14.3 Å². The van der Waals surface area contributed by atoms with Crippen LogP contribution >= 0.6 is 0 Å². The Balaban J connectivity index is 1.76. The van der Waals surface area contributed by atoms with Gasteiger partial charge < -0.3 is 29.0 Å². The summed E-state index contributed by atoms with van der Waals surface area (Å²) in [6.07, 6.45) is 0. The van der Waals surface area contributed by atoms with Crippen molar-refractivity contribution in [1.29, 1.82) is 0 Å². The molecule has 32 heavy (non-hydrogen) atoms. The van der Waals surface area contributed by atoms with Crippen LogP contribution in [-0.4, -0.2) is 64.4 Å². The maximum atomic E-state index is 13.2. The number of anilines is 1. The van der Waals surface area contributed by atoms with Crippen LogP contribution < -0.4 is 24.3 Å². The molecule has 2 aliphatic rings. The molecule has 0 saturated carbocycles. The van der Waals surface area contributed by atoms with Crippen molar-refractivity contribution in [3.05, 3.63) is 47.7 Å². The third-order valence-corrected chi connectivity index (χ3v) is 5.17. The minimum Gasteiger partial charge on any atom is -0.493 e. The molecule has 9 nitrogen and oxygen atoms in total. The van der Waals surface area contributed by atoms with Gasteiger partial charge in [-0.2, -0.15) is 0 Å². The van der Waals surface area contributed by atoms with E-state index in [0.717, 1.165) is 4.90 Å². The molecule has 0 unspecified atom stereocenters. The summed E-state index contributed by atoms with van der Waals surface area (Å²) >= 11 is 0. The number of imide groups is 1. The molecule has 0 saturated heterocycles. The first-order chi connectivity index (χ1) is 15.6. The predicted octanol–water partition coefficient (Wildman–Crippen LogP) is 2.31. The first-order valence-electron chi connectivity index (χ1n) is 10.1. The van der Waals surface area contributed by atoms with E-state index >= 15 is 0 Å². The molecule has 0 aromatic heterocycles. The predicted molar refractivity (Wildman–Crippen MR) is 116 cm³/mol. The fourth-order valence-corrected chi connectivity index (χ4v) is 3.60. The van der Waals surface area contributed by atoms with Gasteiger partial charge in [0.05, 0.1) is 32.9 Å². The van der Waals surface area contributed by atoms with E-state index in [9.17, 15) is 9.59 Å². The molecule has 2 aromatic rings. The fourth-order valence-electron chi connectivity index (χ4n) is 3.60. The Morgan fingerprint density at radius 3 is 2.38 bits per heavy atom. The van der Waals surface area contributed by atoms with Gasteiger partial charge in [0.1, 0.15) is 18.9 Å². The van der Waals surface area contributed by atoms with Crippen molar-refractivity contribution in [2.75, 3.05) is 53.0 Å². The Morgan fingerprint density at radius 1 is 0.906 bits per heavy atom. The zero-order valence-electron chi connectivity index (χ0n) is 18.1. The average molecular weight is 440 g/mol. The van der Waals surface area contributed by atoms with Gasteiger partial charge in [0.2, 0.25) is 0 Å². The molecular formula is C23H24N2O7. The number of fused-ring (bicyclic) bond motifs is 1. The van der Waals surface area contributed by atoms with Crippen molar-refractivity contribution in [1.82, 2.24) is 4.90 Å². The number of nitrogens with zero attached hydrogens (tertiary/aromatic N) is 1. The highest BCUT2D eigenvalue weighted by atomic mass is 16.6. The number of hydrogen-bond donors (Lipinski definition) is 1. The number of nitrogens with one attached hydrogen (secondary N) is 1. The fraction of sp³-hybridized carbons (Fsp3) is 0.304. The SMILES string of the molecule is COCCN1C(=O)C(Nc2ccc3c(c2)OCCO3)=C(c2ccc(OC)c(OC)c2)C1=O. The quantitative estimate of drug-likeness (QED) is 0.625. The zero-order chi connectivity index (χ0) is 22.7. The van der Waals surface area contributed by atoms with Gasteiger partial charge in [0.25, 0.3) is 11.8 Å². The Morgan fingerprint density at radius 2 is 1.66 bits per heavy atom. The van der Waals surface area contributed by atoms with Crippen LogP contribution in [0.25, 0.3) is 5.57 Å². The van der Waals surface area contributed by atoms with Crippen molar-refractivity contribution < 1.29 is 33.3 Å². The van der Waals surface area contributed by atoms with Crippen LogP contribution in [0.5, 0.6) is 23.0 Å². The Labute approximate surface area is 185 Å².